The zero-order valence-electron chi connectivity index (χ0n) is 26.3. The standard InChI is InChI=1S/C33H47N5O4/c1-23(2)34-14-17-38(27-18-28(40-6)21-29(19-27)41-7)26-10-11-30-31(20-26)36-25(22-35-30)9-8-24-12-15-37(16-13-24)32(39)42-33(3,4)5/h10-11,18-24,34H,8-9,12-17H2,1-7H3. The molecule has 0 saturated carbocycles. The molecule has 0 atom stereocenters. The first kappa shape index (κ1) is 31.3. The minimum atomic E-state index is -0.467. The number of rotatable bonds is 11. The number of aryl methyl sites for hydroxylation is 1. The Labute approximate surface area is 250 Å². The molecule has 0 unspecified atom stereocenters. The van der Waals surface area contributed by atoms with Crippen LogP contribution in [0, 0.1) is 5.92 Å². The van der Waals surface area contributed by atoms with Gasteiger partial charge in [-0.2, -0.15) is 0 Å². The highest BCUT2D eigenvalue weighted by atomic mass is 16.6. The molecule has 2 aromatic carbocycles. The fourth-order valence-electron chi connectivity index (χ4n) is 5.23. The van der Waals surface area contributed by atoms with Crippen molar-refractivity contribution in [3.8, 4) is 11.5 Å². The molecule has 9 nitrogen and oxygen atoms in total. The lowest BCUT2D eigenvalue weighted by molar-refractivity contribution is 0.0181. The minimum Gasteiger partial charge on any atom is -0.497 e. The van der Waals surface area contributed by atoms with E-state index in [9.17, 15) is 4.79 Å². The number of nitrogens with zero attached hydrogens (tertiary/aromatic N) is 4. The number of likely N-dealkylation sites (tertiary alicyclic amines) is 1. The van der Waals surface area contributed by atoms with E-state index in [0.717, 1.165) is 91.5 Å². The van der Waals surface area contributed by atoms with Gasteiger partial charge in [0.15, 0.2) is 0 Å². The number of anilines is 2. The average molecular weight is 578 g/mol. The molecule has 0 bridgehead atoms. The van der Waals surface area contributed by atoms with E-state index in [-0.39, 0.29) is 6.09 Å². The van der Waals surface area contributed by atoms with E-state index in [1.54, 1.807) is 14.2 Å². The van der Waals surface area contributed by atoms with Gasteiger partial charge in [0.05, 0.1) is 30.9 Å². The van der Waals surface area contributed by atoms with Crippen LogP contribution in [-0.2, 0) is 11.2 Å². The predicted octanol–water partition coefficient (Wildman–Crippen LogP) is 6.36. The number of hydrogen-bond acceptors (Lipinski definition) is 8. The lowest BCUT2D eigenvalue weighted by atomic mass is 9.92. The van der Waals surface area contributed by atoms with Crippen LogP contribution in [0.2, 0.25) is 0 Å². The smallest absolute Gasteiger partial charge is 0.410 e. The van der Waals surface area contributed by atoms with Crippen molar-refractivity contribution in [2.24, 2.45) is 5.92 Å². The van der Waals surface area contributed by atoms with Gasteiger partial charge in [0.25, 0.3) is 0 Å². The second-order valence-corrected chi connectivity index (χ2v) is 12.3. The van der Waals surface area contributed by atoms with Crippen LogP contribution in [0.15, 0.2) is 42.6 Å². The lowest BCUT2D eigenvalue weighted by Gasteiger charge is -2.33. The summed E-state index contributed by atoms with van der Waals surface area (Å²) >= 11 is 0. The van der Waals surface area contributed by atoms with Crippen LogP contribution in [0.5, 0.6) is 11.5 Å². The molecule has 1 N–H and O–H groups in total. The van der Waals surface area contributed by atoms with Crippen molar-refractivity contribution >= 4 is 28.5 Å². The van der Waals surface area contributed by atoms with Gasteiger partial charge in [-0.3, -0.25) is 4.98 Å². The van der Waals surface area contributed by atoms with Crippen LogP contribution >= 0.6 is 0 Å². The highest BCUT2D eigenvalue weighted by Crippen LogP contribution is 2.34. The van der Waals surface area contributed by atoms with Crippen LogP contribution in [0.1, 0.15) is 59.6 Å². The third kappa shape index (κ3) is 8.71. The Balaban J connectivity index is 1.47. The van der Waals surface area contributed by atoms with E-state index in [1.165, 1.54) is 0 Å². The maximum Gasteiger partial charge on any atom is 0.410 e. The van der Waals surface area contributed by atoms with Crippen molar-refractivity contribution in [3.63, 3.8) is 0 Å². The quantitative estimate of drug-likeness (QED) is 0.282. The van der Waals surface area contributed by atoms with Gasteiger partial charge in [-0.1, -0.05) is 13.8 Å². The van der Waals surface area contributed by atoms with Gasteiger partial charge in [0.2, 0.25) is 0 Å². The highest BCUT2D eigenvalue weighted by Gasteiger charge is 2.26. The van der Waals surface area contributed by atoms with Crippen molar-refractivity contribution in [1.29, 1.82) is 0 Å². The molecule has 0 aliphatic carbocycles. The van der Waals surface area contributed by atoms with E-state index < -0.39 is 5.60 Å². The zero-order valence-corrected chi connectivity index (χ0v) is 26.3. The molecule has 2 heterocycles. The van der Waals surface area contributed by atoms with Crippen molar-refractivity contribution in [2.45, 2.75) is 71.9 Å². The first-order chi connectivity index (χ1) is 20.0. The Kier molecular flexibility index (Phi) is 10.5. The molecular weight excluding hydrogens is 530 g/mol. The van der Waals surface area contributed by atoms with Gasteiger partial charge in [0.1, 0.15) is 17.1 Å². The number of ether oxygens (including phenoxy) is 3. The Morgan fingerprint density at radius 2 is 1.71 bits per heavy atom. The summed E-state index contributed by atoms with van der Waals surface area (Å²) in [5, 5.41) is 3.52. The van der Waals surface area contributed by atoms with Crippen LogP contribution in [-0.4, -0.2) is 73.0 Å². The second kappa shape index (κ2) is 14.1. The summed E-state index contributed by atoms with van der Waals surface area (Å²) in [6.45, 7) is 13.1. The molecule has 1 fully saturated rings. The number of fused-ring (bicyclic) bond motifs is 1. The van der Waals surface area contributed by atoms with Crippen molar-refractivity contribution in [2.75, 3.05) is 45.3 Å². The summed E-state index contributed by atoms with van der Waals surface area (Å²) in [5.41, 5.74) is 4.29. The largest absolute Gasteiger partial charge is 0.497 e. The Morgan fingerprint density at radius 3 is 2.33 bits per heavy atom. The van der Waals surface area contributed by atoms with Crippen molar-refractivity contribution in [3.05, 3.63) is 48.3 Å². The number of carbonyl (C=O) groups excluding carboxylic acids is 1. The molecule has 228 valence electrons. The molecule has 1 saturated heterocycles. The summed E-state index contributed by atoms with van der Waals surface area (Å²) in [4.78, 5) is 26.2. The number of benzene rings is 2. The van der Waals surface area contributed by atoms with E-state index in [4.69, 9.17) is 24.2 Å². The molecule has 4 rings (SSSR count). The molecule has 1 aliphatic heterocycles. The third-order valence-electron chi connectivity index (χ3n) is 7.50. The molecule has 1 amide bonds. The minimum absolute atomic E-state index is 0.210. The third-order valence-corrected chi connectivity index (χ3v) is 7.50. The number of piperidine rings is 1. The van der Waals surface area contributed by atoms with Gasteiger partial charge in [-0.25, -0.2) is 9.78 Å². The topological polar surface area (TPSA) is 89.1 Å². The molecule has 9 heteroatoms. The van der Waals surface area contributed by atoms with E-state index in [2.05, 4.69) is 36.2 Å². The maximum absolute atomic E-state index is 12.4. The summed E-state index contributed by atoms with van der Waals surface area (Å²) in [6.07, 6.45) is 5.54. The summed E-state index contributed by atoms with van der Waals surface area (Å²) < 4.78 is 16.7. The first-order valence-electron chi connectivity index (χ1n) is 15.0. The Bertz CT molecular complexity index is 1310. The van der Waals surface area contributed by atoms with Crippen molar-refractivity contribution < 1.29 is 19.0 Å². The van der Waals surface area contributed by atoms with E-state index in [1.807, 2.05) is 56.1 Å². The molecule has 1 aromatic heterocycles. The Morgan fingerprint density at radius 1 is 1.02 bits per heavy atom. The molecule has 3 aromatic rings. The molecule has 1 aliphatic rings. The Hall–Kier alpha value is -3.59. The number of carbonyl (C=O) groups is 1. The summed E-state index contributed by atoms with van der Waals surface area (Å²) in [5.74, 6) is 2.04. The number of hydrogen-bond donors (Lipinski definition) is 1. The van der Waals surface area contributed by atoms with Gasteiger partial charge in [0, 0.05) is 68.0 Å². The van der Waals surface area contributed by atoms with Crippen LogP contribution < -0.4 is 19.7 Å². The predicted molar refractivity (Wildman–Crippen MR) is 168 cm³/mol. The van der Waals surface area contributed by atoms with Crippen LogP contribution in [0.3, 0.4) is 0 Å². The van der Waals surface area contributed by atoms with E-state index >= 15 is 0 Å². The first-order valence-corrected chi connectivity index (χ1v) is 15.0. The number of nitrogens with one attached hydrogen (secondary N) is 1. The zero-order chi connectivity index (χ0) is 30.3. The number of amides is 1. The fourth-order valence-corrected chi connectivity index (χ4v) is 5.23. The van der Waals surface area contributed by atoms with Gasteiger partial charge in [-0.15, -0.1) is 0 Å². The summed E-state index contributed by atoms with van der Waals surface area (Å²) in [7, 11) is 3.33. The molecule has 42 heavy (non-hydrogen) atoms. The molecule has 0 radical (unpaired) electrons. The van der Waals surface area contributed by atoms with Gasteiger partial charge in [-0.05, 0) is 70.6 Å². The molecular formula is C33H47N5O4. The highest BCUT2D eigenvalue weighted by molar-refractivity contribution is 5.81. The number of methoxy groups -OCH3 is 2. The van der Waals surface area contributed by atoms with Crippen LogP contribution in [0.4, 0.5) is 16.2 Å². The fraction of sp³-hybridized carbons (Fsp3) is 0.545. The van der Waals surface area contributed by atoms with Crippen LogP contribution in [0.25, 0.3) is 11.0 Å². The van der Waals surface area contributed by atoms with E-state index in [0.29, 0.717) is 12.0 Å². The monoisotopic (exact) mass is 577 g/mol. The summed E-state index contributed by atoms with van der Waals surface area (Å²) in [6, 6.07) is 12.6. The molecule has 0 spiro atoms. The second-order valence-electron chi connectivity index (χ2n) is 12.3. The van der Waals surface area contributed by atoms with Crippen molar-refractivity contribution in [1.82, 2.24) is 20.2 Å². The maximum atomic E-state index is 12.4. The average Bonchev–Trinajstić information content (AvgIpc) is 2.96. The number of aromatic nitrogens is 2. The normalized spacial score (nSPS) is 14.3. The lowest BCUT2D eigenvalue weighted by Crippen LogP contribution is -2.41. The van der Waals surface area contributed by atoms with Gasteiger partial charge >= 0.3 is 6.09 Å². The SMILES string of the molecule is COc1cc(OC)cc(N(CCNC(C)C)c2ccc3ncc(CCC4CCN(C(=O)OC(C)(C)C)CC4)nc3c2)c1. The van der Waals surface area contributed by atoms with Gasteiger partial charge < -0.3 is 29.3 Å².